The predicted octanol–water partition coefficient (Wildman–Crippen LogP) is 3.19. The van der Waals surface area contributed by atoms with Gasteiger partial charge in [-0.05, 0) is 24.3 Å². The maximum Gasteiger partial charge on any atom is 0.262 e. The first kappa shape index (κ1) is 17.0. The summed E-state index contributed by atoms with van der Waals surface area (Å²) in [7, 11) is 0. The molecule has 0 aromatic carbocycles. The summed E-state index contributed by atoms with van der Waals surface area (Å²) < 4.78 is 3.43. The minimum atomic E-state index is -0.125. The summed E-state index contributed by atoms with van der Waals surface area (Å²) in [6, 6.07) is 3.97. The van der Waals surface area contributed by atoms with Crippen molar-refractivity contribution < 1.29 is 4.79 Å². The Hall–Kier alpha value is -2.48. The largest absolute Gasteiger partial charge is 0.311 e. The lowest BCUT2D eigenvalue weighted by Crippen LogP contribution is -2.24. The van der Waals surface area contributed by atoms with Gasteiger partial charge in [-0.15, -0.1) is 11.3 Å². The third-order valence-corrected chi connectivity index (χ3v) is 5.71. The third-order valence-electron chi connectivity index (χ3n) is 4.89. The minimum absolute atomic E-state index is 0.101. The summed E-state index contributed by atoms with van der Waals surface area (Å²) in [5.41, 5.74) is -0.101. The molecule has 4 rings (SSSR count). The Balaban J connectivity index is 1.40. The van der Waals surface area contributed by atoms with Gasteiger partial charge in [0.15, 0.2) is 0 Å². The van der Waals surface area contributed by atoms with Gasteiger partial charge in [0.1, 0.15) is 10.6 Å². The van der Waals surface area contributed by atoms with E-state index >= 15 is 0 Å². The van der Waals surface area contributed by atoms with Crippen LogP contribution in [0.4, 0.5) is 5.82 Å². The van der Waals surface area contributed by atoms with Crippen LogP contribution in [0.15, 0.2) is 34.8 Å². The maximum absolute atomic E-state index is 12.4. The molecule has 8 heteroatoms. The van der Waals surface area contributed by atoms with Crippen molar-refractivity contribution in [3.8, 4) is 0 Å². The zero-order valence-electron chi connectivity index (χ0n) is 14.4. The molecule has 0 spiro atoms. The highest BCUT2D eigenvalue weighted by molar-refractivity contribution is 7.16. The van der Waals surface area contributed by atoms with E-state index in [2.05, 4.69) is 15.4 Å². The minimum Gasteiger partial charge on any atom is -0.311 e. The highest BCUT2D eigenvalue weighted by atomic mass is 32.1. The summed E-state index contributed by atoms with van der Waals surface area (Å²) in [5, 5.41) is 9.78. The second-order valence-electron chi connectivity index (χ2n) is 6.63. The van der Waals surface area contributed by atoms with Crippen LogP contribution < -0.4 is 10.9 Å². The third kappa shape index (κ3) is 3.41. The molecule has 136 valence electrons. The summed E-state index contributed by atoms with van der Waals surface area (Å²) in [4.78, 5) is 29.7. The molecule has 0 bridgehead atoms. The van der Waals surface area contributed by atoms with E-state index in [1.54, 1.807) is 12.3 Å². The van der Waals surface area contributed by atoms with Gasteiger partial charge in [0, 0.05) is 19.0 Å². The van der Waals surface area contributed by atoms with Gasteiger partial charge in [0.25, 0.3) is 5.56 Å². The predicted molar refractivity (Wildman–Crippen MR) is 101 cm³/mol. The molecular formula is C18H21N5O2S. The Morgan fingerprint density at radius 3 is 2.96 bits per heavy atom. The van der Waals surface area contributed by atoms with Gasteiger partial charge in [-0.3, -0.25) is 14.2 Å². The Morgan fingerprint density at radius 2 is 2.12 bits per heavy atom. The molecule has 1 aliphatic rings. The standard InChI is InChI=1S/C18H21N5O2S/c24-16(7-10-22-12-19-17-14(18(22)25)8-11-26-17)21-15-6-9-20-23(15)13-4-2-1-3-5-13/h6,8-9,11-13H,1-5,7,10H2,(H,21,24). The molecule has 0 unspecified atom stereocenters. The normalized spacial score (nSPS) is 15.4. The average molecular weight is 371 g/mol. The number of aromatic nitrogens is 4. The van der Waals surface area contributed by atoms with Crippen molar-refractivity contribution >= 4 is 33.3 Å². The number of carbonyl (C=O) groups excluding carboxylic acids is 1. The second-order valence-corrected chi connectivity index (χ2v) is 7.53. The number of anilines is 1. The van der Waals surface area contributed by atoms with Gasteiger partial charge in [-0.25, -0.2) is 9.67 Å². The first-order chi connectivity index (χ1) is 12.7. The number of aryl methyl sites for hydroxylation is 1. The number of nitrogens with zero attached hydrogens (tertiary/aromatic N) is 4. The molecule has 0 atom stereocenters. The molecule has 0 radical (unpaired) electrons. The van der Waals surface area contributed by atoms with Crippen LogP contribution in [0.5, 0.6) is 0 Å². The molecule has 3 aromatic rings. The highest BCUT2D eigenvalue weighted by Gasteiger charge is 2.19. The lowest BCUT2D eigenvalue weighted by molar-refractivity contribution is -0.116. The molecule has 1 aliphatic carbocycles. The SMILES string of the molecule is O=C(CCn1cnc2sccc2c1=O)Nc1ccnn1C1CCCCC1. The molecule has 0 aliphatic heterocycles. The number of fused-ring (bicyclic) bond motifs is 1. The monoisotopic (exact) mass is 371 g/mol. The Kier molecular flexibility index (Phi) is 4.83. The zero-order valence-corrected chi connectivity index (χ0v) is 15.2. The molecule has 1 N–H and O–H groups in total. The number of rotatable bonds is 5. The fourth-order valence-corrected chi connectivity index (χ4v) is 4.23. The Labute approximate surface area is 154 Å². The number of nitrogens with one attached hydrogen (secondary N) is 1. The topological polar surface area (TPSA) is 81.8 Å². The van der Waals surface area contributed by atoms with E-state index in [1.807, 2.05) is 16.1 Å². The van der Waals surface area contributed by atoms with E-state index in [1.165, 1.54) is 41.5 Å². The fraction of sp³-hybridized carbons (Fsp3) is 0.444. The van der Waals surface area contributed by atoms with Crippen LogP contribution >= 0.6 is 11.3 Å². The van der Waals surface area contributed by atoms with Crippen LogP contribution in [0.3, 0.4) is 0 Å². The van der Waals surface area contributed by atoms with E-state index in [-0.39, 0.29) is 17.9 Å². The summed E-state index contributed by atoms with van der Waals surface area (Å²) in [6.07, 6.45) is 9.35. The van der Waals surface area contributed by atoms with Gasteiger partial charge in [0.05, 0.1) is 24.0 Å². The molecule has 1 amide bonds. The van der Waals surface area contributed by atoms with E-state index in [9.17, 15) is 9.59 Å². The molecule has 1 saturated carbocycles. The van der Waals surface area contributed by atoms with Crippen molar-refractivity contribution in [2.45, 2.75) is 51.1 Å². The van der Waals surface area contributed by atoms with E-state index < -0.39 is 0 Å². The highest BCUT2D eigenvalue weighted by Crippen LogP contribution is 2.29. The zero-order chi connectivity index (χ0) is 17.9. The van der Waals surface area contributed by atoms with Crippen LogP contribution in [-0.4, -0.2) is 25.2 Å². The fourth-order valence-electron chi connectivity index (χ4n) is 3.51. The first-order valence-electron chi connectivity index (χ1n) is 8.98. The summed E-state index contributed by atoms with van der Waals surface area (Å²) in [6.45, 7) is 0.307. The lowest BCUT2D eigenvalue weighted by Gasteiger charge is -2.23. The van der Waals surface area contributed by atoms with Crippen molar-refractivity contribution in [3.05, 3.63) is 40.4 Å². The number of hydrogen-bond donors (Lipinski definition) is 1. The van der Waals surface area contributed by atoms with Gasteiger partial charge < -0.3 is 5.32 Å². The van der Waals surface area contributed by atoms with E-state index in [0.29, 0.717) is 18.0 Å². The average Bonchev–Trinajstić information content (AvgIpc) is 3.31. The maximum atomic E-state index is 12.4. The molecule has 3 aromatic heterocycles. The van der Waals surface area contributed by atoms with E-state index in [0.717, 1.165) is 23.5 Å². The van der Waals surface area contributed by atoms with Crippen LogP contribution in [0.1, 0.15) is 44.6 Å². The number of carbonyl (C=O) groups is 1. The van der Waals surface area contributed by atoms with Crippen LogP contribution in [-0.2, 0) is 11.3 Å². The molecule has 1 fully saturated rings. The second kappa shape index (κ2) is 7.41. The number of thiophene rings is 1. The van der Waals surface area contributed by atoms with E-state index in [4.69, 9.17) is 0 Å². The summed E-state index contributed by atoms with van der Waals surface area (Å²) in [5.74, 6) is 0.612. The smallest absolute Gasteiger partial charge is 0.262 e. The first-order valence-corrected chi connectivity index (χ1v) is 9.86. The van der Waals surface area contributed by atoms with Crippen molar-refractivity contribution in [1.82, 2.24) is 19.3 Å². The van der Waals surface area contributed by atoms with Gasteiger partial charge >= 0.3 is 0 Å². The van der Waals surface area contributed by atoms with Crippen LogP contribution in [0.25, 0.3) is 10.2 Å². The number of amides is 1. The summed E-state index contributed by atoms with van der Waals surface area (Å²) >= 11 is 1.44. The van der Waals surface area contributed by atoms with Crippen LogP contribution in [0.2, 0.25) is 0 Å². The number of hydrogen-bond acceptors (Lipinski definition) is 5. The van der Waals surface area contributed by atoms with Crippen LogP contribution in [0, 0.1) is 0 Å². The van der Waals surface area contributed by atoms with Gasteiger partial charge in [-0.1, -0.05) is 19.3 Å². The Bertz CT molecular complexity index is 967. The van der Waals surface area contributed by atoms with Crippen molar-refractivity contribution in [2.24, 2.45) is 0 Å². The van der Waals surface area contributed by atoms with Crippen molar-refractivity contribution in [1.29, 1.82) is 0 Å². The molecule has 3 heterocycles. The van der Waals surface area contributed by atoms with Gasteiger partial charge in [-0.2, -0.15) is 5.10 Å². The lowest BCUT2D eigenvalue weighted by atomic mass is 9.96. The van der Waals surface area contributed by atoms with Crippen molar-refractivity contribution in [3.63, 3.8) is 0 Å². The quantitative estimate of drug-likeness (QED) is 0.747. The molecule has 26 heavy (non-hydrogen) atoms. The Morgan fingerprint density at radius 1 is 1.27 bits per heavy atom. The van der Waals surface area contributed by atoms with Gasteiger partial charge in [0.2, 0.25) is 5.91 Å². The molecular weight excluding hydrogens is 350 g/mol. The van der Waals surface area contributed by atoms with Crippen molar-refractivity contribution in [2.75, 3.05) is 5.32 Å². The molecule has 0 saturated heterocycles. The molecule has 7 nitrogen and oxygen atoms in total.